The van der Waals surface area contributed by atoms with Crippen molar-refractivity contribution in [3.05, 3.63) is 63.5 Å². The molecule has 0 radical (unpaired) electrons. The molecule has 1 N–H and O–H groups in total. The smallest absolute Gasteiger partial charge is 0.108 e. The van der Waals surface area contributed by atoms with E-state index in [-0.39, 0.29) is 0 Å². The summed E-state index contributed by atoms with van der Waals surface area (Å²) in [4.78, 5) is 10.3. The number of rotatable bonds is 4. The largest absolute Gasteiger partial charge is 0.278 e. The molecule has 0 bridgehead atoms. The Labute approximate surface area is 119 Å². The van der Waals surface area contributed by atoms with Crippen LogP contribution in [-0.4, -0.2) is 5.71 Å². The predicted octanol–water partition coefficient (Wildman–Crippen LogP) is 4.68. The fourth-order valence-electron chi connectivity index (χ4n) is 1.53. The van der Waals surface area contributed by atoms with Crippen LogP contribution >= 0.6 is 15.9 Å². The first-order valence-corrected chi connectivity index (χ1v) is 6.48. The van der Waals surface area contributed by atoms with E-state index in [1.807, 2.05) is 43.3 Å². The van der Waals surface area contributed by atoms with Gasteiger partial charge in [0, 0.05) is 4.47 Å². The van der Waals surface area contributed by atoms with Crippen LogP contribution in [0.15, 0.2) is 63.3 Å². The van der Waals surface area contributed by atoms with Gasteiger partial charge in [0.25, 0.3) is 0 Å². The maximum Gasteiger partial charge on any atom is 0.108 e. The lowest BCUT2D eigenvalue weighted by Crippen LogP contribution is -1.99. The summed E-state index contributed by atoms with van der Waals surface area (Å²) < 4.78 is 0.992. The number of nitroso groups, excluding NO2 is 1. The second-order valence-corrected chi connectivity index (χ2v) is 4.87. The van der Waals surface area contributed by atoms with Crippen LogP contribution < -0.4 is 5.43 Å². The number of nitrogens with one attached hydrogen (secondary N) is 1. The van der Waals surface area contributed by atoms with Gasteiger partial charge in [-0.05, 0) is 48.0 Å². The third kappa shape index (κ3) is 3.72. The number of benzene rings is 2. The Kier molecular flexibility index (Phi) is 4.41. The highest BCUT2D eigenvalue weighted by Gasteiger charge is 1.98. The summed E-state index contributed by atoms with van der Waals surface area (Å²) in [6.45, 7) is 1.90. The molecule has 19 heavy (non-hydrogen) atoms. The number of hydrazone groups is 1. The van der Waals surface area contributed by atoms with E-state index in [9.17, 15) is 4.91 Å². The van der Waals surface area contributed by atoms with Crippen LogP contribution in [0.2, 0.25) is 0 Å². The predicted molar refractivity (Wildman–Crippen MR) is 81.9 cm³/mol. The molecular weight excluding hydrogens is 306 g/mol. The van der Waals surface area contributed by atoms with Crippen molar-refractivity contribution >= 4 is 33.0 Å². The third-order valence-corrected chi connectivity index (χ3v) is 3.06. The number of hydrogen-bond donors (Lipinski definition) is 1. The molecule has 0 aliphatic carbocycles. The first kappa shape index (κ1) is 13.4. The van der Waals surface area contributed by atoms with E-state index in [4.69, 9.17) is 0 Å². The lowest BCUT2D eigenvalue weighted by Gasteiger charge is -2.04. The summed E-state index contributed by atoms with van der Waals surface area (Å²) in [5, 5.41) is 7.16. The summed E-state index contributed by atoms with van der Waals surface area (Å²) >= 11 is 3.40. The molecule has 0 amide bonds. The average molecular weight is 318 g/mol. The van der Waals surface area contributed by atoms with Gasteiger partial charge in [-0.3, -0.25) is 5.43 Å². The molecule has 2 aromatic rings. The van der Waals surface area contributed by atoms with E-state index in [0.717, 1.165) is 21.4 Å². The summed E-state index contributed by atoms with van der Waals surface area (Å²) in [6, 6.07) is 14.7. The van der Waals surface area contributed by atoms with E-state index < -0.39 is 0 Å². The van der Waals surface area contributed by atoms with Crippen LogP contribution in [0.1, 0.15) is 12.5 Å². The van der Waals surface area contributed by atoms with Crippen LogP contribution in [0.3, 0.4) is 0 Å². The van der Waals surface area contributed by atoms with E-state index in [2.05, 4.69) is 31.6 Å². The van der Waals surface area contributed by atoms with E-state index >= 15 is 0 Å². The normalized spacial score (nSPS) is 11.2. The molecule has 2 rings (SSSR count). The molecular formula is C14H12BrN3O. The minimum Gasteiger partial charge on any atom is -0.278 e. The molecule has 0 atom stereocenters. The number of halogens is 1. The van der Waals surface area contributed by atoms with Gasteiger partial charge in [0.05, 0.1) is 11.4 Å². The van der Waals surface area contributed by atoms with Crippen molar-refractivity contribution in [3.63, 3.8) is 0 Å². The van der Waals surface area contributed by atoms with E-state index in [0.29, 0.717) is 5.69 Å². The molecule has 0 heterocycles. The van der Waals surface area contributed by atoms with Gasteiger partial charge in [-0.2, -0.15) is 5.10 Å². The van der Waals surface area contributed by atoms with Crippen molar-refractivity contribution < 1.29 is 0 Å². The summed E-state index contributed by atoms with van der Waals surface area (Å²) in [7, 11) is 0. The molecule has 0 spiro atoms. The fraction of sp³-hybridized carbons (Fsp3) is 0.0714. The van der Waals surface area contributed by atoms with Gasteiger partial charge in [-0.1, -0.05) is 34.1 Å². The van der Waals surface area contributed by atoms with Crippen molar-refractivity contribution in [2.24, 2.45) is 10.3 Å². The highest BCUT2D eigenvalue weighted by molar-refractivity contribution is 9.10. The molecule has 5 heteroatoms. The second-order valence-electron chi connectivity index (χ2n) is 3.96. The standard InChI is InChI=1S/C14H12BrN3O/c1-10(11-5-7-13(18-19)8-6-11)16-17-14-4-2-3-12(15)9-14/h2-9,17H,1H3/b16-10+. The minimum absolute atomic E-state index is 0.413. The minimum atomic E-state index is 0.413. The number of nitrogens with zero attached hydrogens (tertiary/aromatic N) is 2. The highest BCUT2D eigenvalue weighted by Crippen LogP contribution is 2.16. The lowest BCUT2D eigenvalue weighted by atomic mass is 10.1. The van der Waals surface area contributed by atoms with Gasteiger partial charge in [0.1, 0.15) is 5.69 Å². The molecule has 0 unspecified atom stereocenters. The highest BCUT2D eigenvalue weighted by atomic mass is 79.9. The lowest BCUT2D eigenvalue weighted by molar-refractivity contribution is 1.32. The van der Waals surface area contributed by atoms with Crippen LogP contribution in [0.25, 0.3) is 0 Å². The van der Waals surface area contributed by atoms with Crippen LogP contribution in [0.5, 0.6) is 0 Å². The van der Waals surface area contributed by atoms with Crippen molar-refractivity contribution in [1.29, 1.82) is 0 Å². The molecule has 0 aromatic heterocycles. The third-order valence-electron chi connectivity index (χ3n) is 2.57. The van der Waals surface area contributed by atoms with Crippen LogP contribution in [0.4, 0.5) is 11.4 Å². The Hall–Kier alpha value is -2.01. The second kappa shape index (κ2) is 6.24. The first-order chi connectivity index (χ1) is 9.19. The van der Waals surface area contributed by atoms with Gasteiger partial charge in [0.2, 0.25) is 0 Å². The zero-order valence-corrected chi connectivity index (χ0v) is 11.9. The first-order valence-electron chi connectivity index (χ1n) is 5.69. The molecule has 4 nitrogen and oxygen atoms in total. The molecule has 0 saturated heterocycles. The van der Waals surface area contributed by atoms with Gasteiger partial charge in [0.15, 0.2) is 0 Å². The summed E-state index contributed by atoms with van der Waals surface area (Å²) in [6.07, 6.45) is 0. The Morgan fingerprint density at radius 2 is 1.89 bits per heavy atom. The van der Waals surface area contributed by atoms with Gasteiger partial charge < -0.3 is 0 Å². The Balaban J connectivity index is 2.11. The number of anilines is 1. The zero-order chi connectivity index (χ0) is 13.7. The zero-order valence-electron chi connectivity index (χ0n) is 10.3. The van der Waals surface area contributed by atoms with Crippen LogP contribution in [-0.2, 0) is 0 Å². The quantitative estimate of drug-likeness (QED) is 0.505. The van der Waals surface area contributed by atoms with Crippen LogP contribution in [0, 0.1) is 4.91 Å². The van der Waals surface area contributed by atoms with E-state index in [1.54, 1.807) is 12.1 Å². The number of hydrogen-bond acceptors (Lipinski definition) is 4. The Morgan fingerprint density at radius 3 is 2.53 bits per heavy atom. The van der Waals surface area contributed by atoms with Crippen molar-refractivity contribution in [2.75, 3.05) is 5.43 Å². The monoisotopic (exact) mass is 317 g/mol. The Morgan fingerprint density at radius 1 is 1.16 bits per heavy atom. The molecule has 2 aromatic carbocycles. The maximum absolute atomic E-state index is 10.3. The molecule has 96 valence electrons. The van der Waals surface area contributed by atoms with Crippen molar-refractivity contribution in [1.82, 2.24) is 0 Å². The average Bonchev–Trinajstić information content (AvgIpc) is 2.45. The summed E-state index contributed by atoms with van der Waals surface area (Å²) in [5.74, 6) is 0. The maximum atomic E-state index is 10.3. The molecule has 0 aliphatic heterocycles. The molecule has 0 fully saturated rings. The van der Waals surface area contributed by atoms with E-state index in [1.165, 1.54) is 0 Å². The SMILES string of the molecule is C/C(=N\Nc1cccc(Br)c1)c1ccc(N=O)cc1. The summed E-state index contributed by atoms with van der Waals surface area (Å²) in [5.41, 5.74) is 6.07. The van der Waals surface area contributed by atoms with Gasteiger partial charge in [-0.25, -0.2) is 0 Å². The molecule has 0 aliphatic rings. The fourth-order valence-corrected chi connectivity index (χ4v) is 1.93. The van der Waals surface area contributed by atoms with Crippen molar-refractivity contribution in [2.45, 2.75) is 6.92 Å². The molecule has 0 saturated carbocycles. The Bertz CT molecular complexity index is 608. The van der Waals surface area contributed by atoms with Crippen molar-refractivity contribution in [3.8, 4) is 0 Å². The topological polar surface area (TPSA) is 53.8 Å². The van der Waals surface area contributed by atoms with Gasteiger partial charge in [-0.15, -0.1) is 4.91 Å². The van der Waals surface area contributed by atoms with Gasteiger partial charge >= 0.3 is 0 Å².